The third-order valence-electron chi connectivity index (χ3n) is 3.83. The maximum absolute atomic E-state index is 12.2. The number of anilines is 3. The number of benzene rings is 1. The number of hydrogen-bond donors (Lipinski definition) is 2. The number of ether oxygens (including phenoxy) is 1. The van der Waals surface area contributed by atoms with Crippen LogP contribution in [0.3, 0.4) is 0 Å². The third-order valence-corrected chi connectivity index (χ3v) is 4.85. The van der Waals surface area contributed by atoms with Gasteiger partial charge in [-0.1, -0.05) is 30.0 Å². The molecule has 3 rings (SSSR count). The highest BCUT2D eigenvalue weighted by Crippen LogP contribution is 2.30. The van der Waals surface area contributed by atoms with Gasteiger partial charge in [-0.2, -0.15) is 15.0 Å². The molecule has 146 valence electrons. The summed E-state index contributed by atoms with van der Waals surface area (Å²) in [7, 11) is 0. The molecule has 0 radical (unpaired) electrons. The lowest BCUT2D eigenvalue weighted by atomic mass is 10.2. The molecule has 2 aromatic rings. The van der Waals surface area contributed by atoms with Crippen LogP contribution in [-0.2, 0) is 20.9 Å². The highest BCUT2D eigenvalue weighted by Gasteiger charge is 2.28. The van der Waals surface area contributed by atoms with Crippen LogP contribution in [-0.4, -0.2) is 44.1 Å². The van der Waals surface area contributed by atoms with Gasteiger partial charge in [0.15, 0.2) is 5.82 Å². The molecule has 0 unspecified atom stereocenters. The van der Waals surface area contributed by atoms with Crippen molar-refractivity contribution < 1.29 is 14.3 Å². The van der Waals surface area contributed by atoms with Gasteiger partial charge in [0.1, 0.15) is 0 Å². The zero-order valence-corrected chi connectivity index (χ0v) is 16.3. The molecule has 1 fully saturated rings. The van der Waals surface area contributed by atoms with Gasteiger partial charge in [-0.3, -0.25) is 9.69 Å². The molecule has 1 aromatic carbocycles. The molecule has 28 heavy (non-hydrogen) atoms. The van der Waals surface area contributed by atoms with Crippen LogP contribution in [0.4, 0.5) is 17.6 Å². The van der Waals surface area contributed by atoms with E-state index < -0.39 is 5.97 Å². The lowest BCUT2D eigenvalue weighted by Crippen LogP contribution is -2.26. The van der Waals surface area contributed by atoms with Crippen molar-refractivity contribution >= 4 is 41.2 Å². The number of aryl methyl sites for hydroxylation is 1. The normalized spacial score (nSPS) is 15.1. The Balaban J connectivity index is 1.81. The Kier molecular flexibility index (Phi) is 6.09. The fourth-order valence-corrected chi connectivity index (χ4v) is 3.45. The number of para-hydroxylation sites is 1. The van der Waals surface area contributed by atoms with Gasteiger partial charge < -0.3 is 15.8 Å². The predicted molar refractivity (Wildman–Crippen MR) is 106 cm³/mol. The maximum atomic E-state index is 12.2. The average Bonchev–Trinajstić information content (AvgIpc) is 2.97. The van der Waals surface area contributed by atoms with E-state index in [0.717, 1.165) is 11.3 Å². The number of esters is 1. The molecule has 0 aliphatic carbocycles. The second kappa shape index (κ2) is 8.70. The summed E-state index contributed by atoms with van der Waals surface area (Å²) in [5, 5.41) is 3.61. The summed E-state index contributed by atoms with van der Waals surface area (Å²) >= 11 is 1.26. The van der Waals surface area contributed by atoms with Crippen LogP contribution >= 0.6 is 11.8 Å². The molecule has 1 aliphatic rings. The summed E-state index contributed by atoms with van der Waals surface area (Å²) in [5.41, 5.74) is 7.68. The Morgan fingerprint density at radius 1 is 1.36 bits per heavy atom. The summed E-state index contributed by atoms with van der Waals surface area (Å²) in [6.45, 7) is 4.02. The second-order valence-electron chi connectivity index (χ2n) is 5.88. The van der Waals surface area contributed by atoms with Crippen molar-refractivity contribution in [3.05, 3.63) is 46.8 Å². The number of carbonyl (C=O) groups excluding carboxylic acids is 2. The molecule has 1 amide bonds. The number of aromatic nitrogens is 3. The number of nitrogen functional groups attached to an aromatic ring is 1. The lowest BCUT2D eigenvalue weighted by Gasteiger charge is -2.16. The van der Waals surface area contributed by atoms with Gasteiger partial charge in [-0.05, 0) is 25.5 Å². The first-order valence-electron chi connectivity index (χ1n) is 8.61. The Morgan fingerprint density at radius 3 is 2.89 bits per heavy atom. The smallest absolute Gasteiger partial charge is 0.333 e. The largest absolute Gasteiger partial charge is 0.463 e. The van der Waals surface area contributed by atoms with Gasteiger partial charge in [-0.25, -0.2) is 4.79 Å². The molecule has 10 heteroatoms. The number of rotatable bonds is 6. The quantitative estimate of drug-likeness (QED) is 0.553. The number of nitrogens with two attached hydrogens (primary N) is 1. The summed E-state index contributed by atoms with van der Waals surface area (Å²) in [4.78, 5) is 38.0. The van der Waals surface area contributed by atoms with E-state index in [4.69, 9.17) is 10.5 Å². The second-order valence-corrected chi connectivity index (χ2v) is 6.87. The predicted octanol–water partition coefficient (Wildman–Crippen LogP) is 1.99. The van der Waals surface area contributed by atoms with E-state index in [2.05, 4.69) is 20.3 Å². The van der Waals surface area contributed by atoms with Gasteiger partial charge in [0.25, 0.3) is 0 Å². The van der Waals surface area contributed by atoms with E-state index in [1.807, 2.05) is 31.2 Å². The summed E-state index contributed by atoms with van der Waals surface area (Å²) in [6.07, 6.45) is 1.30. The van der Waals surface area contributed by atoms with E-state index in [9.17, 15) is 9.59 Å². The van der Waals surface area contributed by atoms with E-state index in [0.29, 0.717) is 10.9 Å². The highest BCUT2D eigenvalue weighted by molar-refractivity contribution is 8.04. The topological polar surface area (TPSA) is 123 Å². The SMILES string of the molecule is CCOC(=O)C=C1SCC(=O)N1Cc1nc(N)nc(Nc2ccccc2C)n1. The lowest BCUT2D eigenvalue weighted by molar-refractivity contribution is -0.137. The Bertz CT molecular complexity index is 933. The molecule has 1 saturated heterocycles. The van der Waals surface area contributed by atoms with E-state index in [1.165, 1.54) is 22.7 Å². The first-order valence-corrected chi connectivity index (χ1v) is 9.59. The molecule has 0 bridgehead atoms. The Hall–Kier alpha value is -3.14. The van der Waals surface area contributed by atoms with Crippen molar-refractivity contribution in [3.63, 3.8) is 0 Å². The van der Waals surface area contributed by atoms with E-state index in [1.54, 1.807) is 6.92 Å². The molecule has 9 nitrogen and oxygen atoms in total. The number of thioether (sulfide) groups is 1. The fourth-order valence-electron chi connectivity index (χ4n) is 2.52. The number of nitrogens with one attached hydrogen (secondary N) is 1. The van der Waals surface area contributed by atoms with Crippen molar-refractivity contribution in [1.29, 1.82) is 0 Å². The fraction of sp³-hybridized carbons (Fsp3) is 0.278. The molecule has 1 aliphatic heterocycles. The summed E-state index contributed by atoms with van der Waals surface area (Å²) in [5.74, 6) is 0.229. The third kappa shape index (κ3) is 4.77. The zero-order chi connectivity index (χ0) is 20.1. The Labute approximate surface area is 166 Å². The summed E-state index contributed by atoms with van der Waals surface area (Å²) < 4.78 is 4.92. The van der Waals surface area contributed by atoms with Gasteiger partial charge >= 0.3 is 5.97 Å². The summed E-state index contributed by atoms with van der Waals surface area (Å²) in [6, 6.07) is 7.69. The van der Waals surface area contributed by atoms with Crippen LogP contribution in [0, 0.1) is 6.92 Å². The first-order chi connectivity index (χ1) is 13.5. The zero-order valence-electron chi connectivity index (χ0n) is 15.5. The minimum atomic E-state index is -0.498. The van der Waals surface area contributed by atoms with Crippen molar-refractivity contribution in [1.82, 2.24) is 19.9 Å². The number of carbonyl (C=O) groups is 2. The molecule has 3 N–H and O–H groups in total. The van der Waals surface area contributed by atoms with Crippen LogP contribution in [0.1, 0.15) is 18.3 Å². The van der Waals surface area contributed by atoms with E-state index in [-0.39, 0.29) is 36.7 Å². The highest BCUT2D eigenvalue weighted by atomic mass is 32.2. The number of hydrogen-bond acceptors (Lipinski definition) is 9. The average molecular weight is 400 g/mol. The minimum Gasteiger partial charge on any atom is -0.463 e. The standard InChI is InChI=1S/C18H20N6O3S/c1-3-27-16(26)8-15-24(14(25)10-28-15)9-13-21-17(19)23-18(22-13)20-12-7-5-4-6-11(12)2/h4-8H,3,9-10H2,1-2H3,(H3,19,20,21,22,23). The molecule has 0 saturated carbocycles. The van der Waals surface area contributed by atoms with Crippen LogP contribution < -0.4 is 11.1 Å². The maximum Gasteiger partial charge on any atom is 0.333 e. The molecular weight excluding hydrogens is 380 g/mol. The molecule has 1 aromatic heterocycles. The minimum absolute atomic E-state index is 0.0382. The molecule has 2 heterocycles. The Morgan fingerprint density at radius 2 is 2.14 bits per heavy atom. The van der Waals surface area contributed by atoms with Gasteiger partial charge in [-0.15, -0.1) is 0 Å². The van der Waals surface area contributed by atoms with Crippen LogP contribution in [0.25, 0.3) is 0 Å². The first kappa shape index (κ1) is 19.6. The van der Waals surface area contributed by atoms with Gasteiger partial charge in [0.05, 0.1) is 30.0 Å². The van der Waals surface area contributed by atoms with Crippen molar-refractivity contribution in [3.8, 4) is 0 Å². The number of amides is 1. The van der Waals surface area contributed by atoms with Gasteiger partial charge in [0.2, 0.25) is 17.8 Å². The van der Waals surface area contributed by atoms with Crippen molar-refractivity contribution in [2.45, 2.75) is 20.4 Å². The van der Waals surface area contributed by atoms with Gasteiger partial charge in [0, 0.05) is 5.69 Å². The molecule has 0 spiro atoms. The van der Waals surface area contributed by atoms with Crippen molar-refractivity contribution in [2.24, 2.45) is 0 Å². The van der Waals surface area contributed by atoms with E-state index >= 15 is 0 Å². The molecular formula is C18H20N6O3S. The van der Waals surface area contributed by atoms with Crippen LogP contribution in [0.5, 0.6) is 0 Å². The van der Waals surface area contributed by atoms with Crippen molar-refractivity contribution in [2.75, 3.05) is 23.4 Å². The molecule has 0 atom stereocenters. The van der Waals surface area contributed by atoms with Crippen LogP contribution in [0.2, 0.25) is 0 Å². The van der Waals surface area contributed by atoms with Crippen LogP contribution in [0.15, 0.2) is 35.4 Å². The number of nitrogens with zero attached hydrogens (tertiary/aromatic N) is 4. The monoisotopic (exact) mass is 400 g/mol.